The second-order valence-electron chi connectivity index (χ2n) is 3.48. The maximum absolute atomic E-state index is 8.76. The quantitative estimate of drug-likeness (QED) is 0.531. The van der Waals surface area contributed by atoms with Gasteiger partial charge in [0, 0.05) is 0 Å². The van der Waals surface area contributed by atoms with E-state index in [0.29, 0.717) is 0 Å². The average Bonchev–Trinajstić information content (AvgIpc) is 2.67. The Morgan fingerprint density at radius 1 is 1.14 bits per heavy atom. The van der Waals surface area contributed by atoms with Gasteiger partial charge in [0.15, 0.2) is 0 Å². The molecule has 1 aromatic carbocycles. The number of hydrogen-bond donors (Lipinski definition) is 1. The van der Waals surface area contributed by atoms with Crippen molar-refractivity contribution in [1.82, 2.24) is 0 Å². The molecule has 1 saturated carbocycles. The third-order valence-electron chi connectivity index (χ3n) is 2.49. The molecule has 2 nitrogen and oxygen atoms in total. The van der Waals surface area contributed by atoms with Crippen molar-refractivity contribution in [3.05, 3.63) is 41.5 Å². The van der Waals surface area contributed by atoms with Crippen LogP contribution in [0.3, 0.4) is 0 Å². The zero-order chi connectivity index (χ0) is 9.80. The molecule has 0 bridgehead atoms. The maximum Gasteiger partial charge on any atom is 0.0827 e. The van der Waals surface area contributed by atoms with Gasteiger partial charge in [-0.05, 0) is 36.5 Å². The molecule has 0 spiro atoms. The number of allylic oxidation sites excluding steroid dienone is 1. The molecule has 72 valence electrons. The van der Waals surface area contributed by atoms with E-state index >= 15 is 0 Å². The normalized spacial score (nSPS) is 22.0. The lowest BCUT2D eigenvalue weighted by atomic mass is 10.1. The molecule has 1 aromatic rings. The molecular weight excluding hydrogens is 174 g/mol. The van der Waals surface area contributed by atoms with Gasteiger partial charge < -0.3 is 5.21 Å². The van der Waals surface area contributed by atoms with E-state index in [4.69, 9.17) is 5.21 Å². The first-order valence-electron chi connectivity index (χ1n) is 4.87. The van der Waals surface area contributed by atoms with Gasteiger partial charge in [-0.3, -0.25) is 0 Å². The van der Waals surface area contributed by atoms with E-state index < -0.39 is 0 Å². The monoisotopic (exact) mass is 187 g/mol. The van der Waals surface area contributed by atoms with Crippen LogP contribution in [0.1, 0.15) is 24.8 Å². The van der Waals surface area contributed by atoms with E-state index in [0.717, 1.165) is 25.0 Å². The lowest BCUT2D eigenvalue weighted by Crippen LogP contribution is -1.92. The van der Waals surface area contributed by atoms with Crippen LogP contribution in [0.2, 0.25) is 0 Å². The van der Waals surface area contributed by atoms with Crippen molar-refractivity contribution >= 4 is 11.8 Å². The lowest BCUT2D eigenvalue weighted by molar-refractivity contribution is 0.318. The summed E-state index contributed by atoms with van der Waals surface area (Å²) in [5, 5.41) is 12.1. The van der Waals surface area contributed by atoms with Crippen LogP contribution in [-0.2, 0) is 0 Å². The highest BCUT2D eigenvalue weighted by atomic mass is 16.4. The molecule has 0 heterocycles. The summed E-state index contributed by atoms with van der Waals surface area (Å²) in [6.07, 6.45) is 5.11. The van der Waals surface area contributed by atoms with E-state index in [9.17, 15) is 0 Å². The Morgan fingerprint density at radius 3 is 2.64 bits per heavy atom. The highest BCUT2D eigenvalue weighted by Crippen LogP contribution is 2.23. The van der Waals surface area contributed by atoms with Gasteiger partial charge in [0.2, 0.25) is 0 Å². The Kier molecular flexibility index (Phi) is 2.63. The lowest BCUT2D eigenvalue weighted by Gasteiger charge is -1.97. The van der Waals surface area contributed by atoms with Crippen LogP contribution in [0.15, 0.2) is 41.1 Å². The average molecular weight is 187 g/mol. The number of rotatable bonds is 1. The van der Waals surface area contributed by atoms with Crippen LogP contribution < -0.4 is 0 Å². The highest BCUT2D eigenvalue weighted by Gasteiger charge is 2.15. The molecule has 0 atom stereocenters. The molecule has 1 aliphatic carbocycles. The number of oxime groups is 1. The van der Waals surface area contributed by atoms with E-state index in [1.807, 2.05) is 18.2 Å². The van der Waals surface area contributed by atoms with Crippen molar-refractivity contribution in [1.29, 1.82) is 0 Å². The standard InChI is InChI=1S/C12H13NO/c14-13-12-8-4-7-11(12)9-10-5-2-1-3-6-10/h1-3,5-6,9,14H,4,7-8H2/b11-9-,13-12-. The van der Waals surface area contributed by atoms with Gasteiger partial charge in [0.25, 0.3) is 0 Å². The van der Waals surface area contributed by atoms with Gasteiger partial charge in [-0.1, -0.05) is 35.5 Å². The molecular formula is C12H13NO. The summed E-state index contributed by atoms with van der Waals surface area (Å²) in [5.41, 5.74) is 3.18. The summed E-state index contributed by atoms with van der Waals surface area (Å²) in [6, 6.07) is 10.1. The first-order valence-corrected chi connectivity index (χ1v) is 4.87. The summed E-state index contributed by atoms with van der Waals surface area (Å²) in [5.74, 6) is 0. The van der Waals surface area contributed by atoms with Crippen LogP contribution in [0.4, 0.5) is 0 Å². The topological polar surface area (TPSA) is 32.6 Å². The van der Waals surface area contributed by atoms with Crippen molar-refractivity contribution in [2.75, 3.05) is 0 Å². The van der Waals surface area contributed by atoms with Gasteiger partial charge in [0.1, 0.15) is 0 Å². The number of benzene rings is 1. The van der Waals surface area contributed by atoms with E-state index in [1.165, 1.54) is 11.1 Å². The molecule has 1 fully saturated rings. The summed E-state index contributed by atoms with van der Waals surface area (Å²) in [7, 11) is 0. The third kappa shape index (κ3) is 1.84. The Bertz CT molecular complexity index is 365. The van der Waals surface area contributed by atoms with Crippen molar-refractivity contribution in [2.45, 2.75) is 19.3 Å². The van der Waals surface area contributed by atoms with Crippen molar-refractivity contribution in [3.8, 4) is 0 Å². The van der Waals surface area contributed by atoms with Gasteiger partial charge >= 0.3 is 0 Å². The van der Waals surface area contributed by atoms with Crippen molar-refractivity contribution < 1.29 is 5.21 Å². The van der Waals surface area contributed by atoms with Gasteiger partial charge in [-0.15, -0.1) is 0 Å². The zero-order valence-electron chi connectivity index (χ0n) is 7.98. The molecule has 0 saturated heterocycles. The molecule has 0 unspecified atom stereocenters. The van der Waals surface area contributed by atoms with Crippen LogP contribution >= 0.6 is 0 Å². The summed E-state index contributed by atoms with van der Waals surface area (Å²) in [6.45, 7) is 0. The van der Waals surface area contributed by atoms with Crippen molar-refractivity contribution in [2.24, 2.45) is 5.16 Å². The van der Waals surface area contributed by atoms with E-state index in [2.05, 4.69) is 23.4 Å². The van der Waals surface area contributed by atoms with Gasteiger partial charge in [0.05, 0.1) is 5.71 Å². The summed E-state index contributed by atoms with van der Waals surface area (Å²) in [4.78, 5) is 0. The Balaban J connectivity index is 2.27. The zero-order valence-corrected chi connectivity index (χ0v) is 7.98. The number of nitrogens with zero attached hydrogens (tertiary/aromatic N) is 1. The largest absolute Gasteiger partial charge is 0.411 e. The molecule has 0 amide bonds. The van der Waals surface area contributed by atoms with Crippen LogP contribution in [0, 0.1) is 0 Å². The molecule has 2 heteroatoms. The predicted molar refractivity (Wildman–Crippen MR) is 57.5 cm³/mol. The number of hydrogen-bond acceptors (Lipinski definition) is 2. The maximum atomic E-state index is 8.76. The Hall–Kier alpha value is -1.57. The molecule has 1 aliphatic rings. The van der Waals surface area contributed by atoms with E-state index in [-0.39, 0.29) is 0 Å². The second kappa shape index (κ2) is 4.09. The van der Waals surface area contributed by atoms with Gasteiger partial charge in [-0.2, -0.15) is 0 Å². The fourth-order valence-electron chi connectivity index (χ4n) is 1.77. The molecule has 2 rings (SSSR count). The fourth-order valence-corrected chi connectivity index (χ4v) is 1.77. The smallest absolute Gasteiger partial charge is 0.0827 e. The van der Waals surface area contributed by atoms with Crippen LogP contribution in [-0.4, -0.2) is 10.9 Å². The predicted octanol–water partition coefficient (Wildman–Crippen LogP) is 3.08. The Morgan fingerprint density at radius 2 is 1.93 bits per heavy atom. The molecule has 0 aromatic heterocycles. The minimum Gasteiger partial charge on any atom is -0.411 e. The second-order valence-corrected chi connectivity index (χ2v) is 3.48. The summed E-state index contributed by atoms with van der Waals surface area (Å²) >= 11 is 0. The molecule has 1 N–H and O–H groups in total. The SMILES string of the molecule is O/N=C1/CCC/C1=C/c1ccccc1. The molecule has 14 heavy (non-hydrogen) atoms. The summed E-state index contributed by atoms with van der Waals surface area (Å²) < 4.78 is 0. The minimum absolute atomic E-state index is 0.842. The van der Waals surface area contributed by atoms with Crippen molar-refractivity contribution in [3.63, 3.8) is 0 Å². The van der Waals surface area contributed by atoms with E-state index in [1.54, 1.807) is 0 Å². The minimum atomic E-state index is 0.842. The van der Waals surface area contributed by atoms with Crippen LogP contribution in [0.25, 0.3) is 6.08 Å². The van der Waals surface area contributed by atoms with Gasteiger partial charge in [-0.25, -0.2) is 0 Å². The van der Waals surface area contributed by atoms with Crippen LogP contribution in [0.5, 0.6) is 0 Å². The molecule has 0 radical (unpaired) electrons. The third-order valence-corrected chi connectivity index (χ3v) is 2.49. The molecule has 0 aliphatic heterocycles. The first-order chi connectivity index (χ1) is 6.90. The highest BCUT2D eigenvalue weighted by molar-refractivity contribution is 6.05. The fraction of sp³-hybridized carbons (Fsp3) is 0.250. The first kappa shape index (κ1) is 9.00. The Labute approximate surface area is 83.6 Å².